The van der Waals surface area contributed by atoms with Crippen molar-refractivity contribution in [2.45, 2.75) is 20.4 Å². The molecule has 1 fully saturated rings. The van der Waals surface area contributed by atoms with Gasteiger partial charge in [0.05, 0.1) is 6.54 Å². The van der Waals surface area contributed by atoms with Crippen molar-refractivity contribution in [3.8, 4) is 11.3 Å². The Hall–Kier alpha value is -2.23. The molecule has 0 N–H and O–H groups in total. The van der Waals surface area contributed by atoms with E-state index in [-0.39, 0.29) is 0 Å². The number of benzene rings is 2. The van der Waals surface area contributed by atoms with Gasteiger partial charge in [-0.3, -0.25) is 4.90 Å². The lowest BCUT2D eigenvalue weighted by molar-refractivity contribution is 0.231. The highest BCUT2D eigenvalue weighted by Crippen LogP contribution is 2.26. The van der Waals surface area contributed by atoms with E-state index in [0.29, 0.717) is 0 Å². The monoisotopic (exact) mass is 380 g/mol. The molecule has 1 aliphatic heterocycles. The third kappa shape index (κ3) is 4.20. The van der Waals surface area contributed by atoms with Crippen LogP contribution in [0.2, 0.25) is 5.02 Å². The molecule has 4 heteroatoms. The van der Waals surface area contributed by atoms with Crippen LogP contribution in [0.4, 0.5) is 5.69 Å². The molecule has 140 valence electrons. The van der Waals surface area contributed by atoms with E-state index >= 15 is 0 Å². The number of anilines is 1. The molecular formula is C23H25ClN2O. The zero-order valence-corrected chi connectivity index (χ0v) is 16.7. The zero-order chi connectivity index (χ0) is 18.8. The standard InChI is InChI=1S/C23H25ClN2O/c1-17-3-4-18(2)22(15-17)26-13-11-25(12-14-26)16-21-9-10-23(27-21)19-5-7-20(24)8-6-19/h3-10,15H,11-14,16H2,1-2H3. The molecule has 4 rings (SSSR count). The first kappa shape index (κ1) is 18.1. The SMILES string of the molecule is Cc1ccc(C)c(N2CCN(Cc3ccc(-c4ccc(Cl)cc4)o3)CC2)c1. The number of halogens is 1. The highest BCUT2D eigenvalue weighted by atomic mass is 35.5. The molecule has 1 saturated heterocycles. The first-order chi connectivity index (χ1) is 13.1. The lowest BCUT2D eigenvalue weighted by atomic mass is 10.1. The van der Waals surface area contributed by atoms with Gasteiger partial charge in [0.25, 0.3) is 0 Å². The molecule has 3 nitrogen and oxygen atoms in total. The quantitative estimate of drug-likeness (QED) is 0.592. The predicted molar refractivity (Wildman–Crippen MR) is 113 cm³/mol. The Balaban J connectivity index is 1.37. The van der Waals surface area contributed by atoms with E-state index in [1.165, 1.54) is 16.8 Å². The molecule has 0 bridgehead atoms. The molecule has 0 saturated carbocycles. The van der Waals surface area contributed by atoms with Crippen molar-refractivity contribution >= 4 is 17.3 Å². The highest BCUT2D eigenvalue weighted by Gasteiger charge is 2.19. The molecule has 0 aliphatic carbocycles. The minimum absolute atomic E-state index is 0.743. The normalized spacial score (nSPS) is 15.3. The molecule has 2 aromatic carbocycles. The van der Waals surface area contributed by atoms with Crippen LogP contribution >= 0.6 is 11.6 Å². The van der Waals surface area contributed by atoms with Crippen LogP contribution < -0.4 is 4.90 Å². The summed E-state index contributed by atoms with van der Waals surface area (Å²) in [7, 11) is 0. The smallest absolute Gasteiger partial charge is 0.134 e. The number of aryl methyl sites for hydroxylation is 2. The van der Waals surface area contributed by atoms with Crippen LogP contribution in [0, 0.1) is 13.8 Å². The Kier molecular flexibility index (Phi) is 5.24. The molecule has 0 radical (unpaired) electrons. The molecule has 27 heavy (non-hydrogen) atoms. The van der Waals surface area contributed by atoms with Crippen LogP contribution in [0.25, 0.3) is 11.3 Å². The van der Waals surface area contributed by atoms with Gasteiger partial charge in [-0.1, -0.05) is 23.7 Å². The van der Waals surface area contributed by atoms with Gasteiger partial charge in [0.1, 0.15) is 11.5 Å². The number of nitrogens with zero attached hydrogens (tertiary/aromatic N) is 2. The van der Waals surface area contributed by atoms with E-state index in [1.54, 1.807) is 0 Å². The van der Waals surface area contributed by atoms with Gasteiger partial charge < -0.3 is 9.32 Å². The third-order valence-electron chi connectivity index (χ3n) is 5.25. The highest BCUT2D eigenvalue weighted by molar-refractivity contribution is 6.30. The molecule has 0 atom stereocenters. The van der Waals surface area contributed by atoms with Gasteiger partial charge in [0.15, 0.2) is 0 Å². The lowest BCUT2D eigenvalue weighted by Crippen LogP contribution is -2.46. The van der Waals surface area contributed by atoms with Crippen molar-refractivity contribution < 1.29 is 4.42 Å². The topological polar surface area (TPSA) is 19.6 Å². The Morgan fingerprint density at radius 3 is 2.37 bits per heavy atom. The van der Waals surface area contributed by atoms with Crippen LogP contribution in [-0.2, 0) is 6.54 Å². The number of piperazine rings is 1. The molecular weight excluding hydrogens is 356 g/mol. The maximum atomic E-state index is 6.06. The minimum atomic E-state index is 0.743. The maximum Gasteiger partial charge on any atom is 0.134 e. The summed E-state index contributed by atoms with van der Waals surface area (Å²) >= 11 is 5.97. The number of rotatable bonds is 4. The van der Waals surface area contributed by atoms with E-state index in [1.807, 2.05) is 30.3 Å². The van der Waals surface area contributed by atoms with E-state index in [2.05, 4.69) is 47.9 Å². The van der Waals surface area contributed by atoms with Gasteiger partial charge in [-0.25, -0.2) is 0 Å². The zero-order valence-electron chi connectivity index (χ0n) is 15.9. The van der Waals surface area contributed by atoms with Crippen molar-refractivity contribution in [1.29, 1.82) is 0 Å². The van der Waals surface area contributed by atoms with E-state index in [9.17, 15) is 0 Å². The molecule has 0 unspecified atom stereocenters. The molecule has 2 heterocycles. The summed E-state index contributed by atoms with van der Waals surface area (Å²) < 4.78 is 6.06. The fourth-order valence-corrected chi connectivity index (χ4v) is 3.79. The average Bonchev–Trinajstić information content (AvgIpc) is 3.13. The largest absolute Gasteiger partial charge is 0.460 e. The number of furan rings is 1. The summed E-state index contributed by atoms with van der Waals surface area (Å²) in [5.74, 6) is 1.91. The van der Waals surface area contributed by atoms with Crippen LogP contribution in [0.15, 0.2) is 59.0 Å². The fraction of sp³-hybridized carbons (Fsp3) is 0.304. The predicted octanol–water partition coefficient (Wildman–Crippen LogP) is 5.54. The van der Waals surface area contributed by atoms with Gasteiger partial charge in [0.2, 0.25) is 0 Å². The van der Waals surface area contributed by atoms with Crippen LogP contribution in [0.3, 0.4) is 0 Å². The Bertz CT molecular complexity index is 908. The van der Waals surface area contributed by atoms with Gasteiger partial charge >= 0.3 is 0 Å². The summed E-state index contributed by atoms with van der Waals surface area (Å²) in [6, 6.07) is 18.6. The summed E-state index contributed by atoms with van der Waals surface area (Å²) in [6.07, 6.45) is 0. The Morgan fingerprint density at radius 2 is 1.63 bits per heavy atom. The second-order valence-corrected chi connectivity index (χ2v) is 7.76. The first-order valence-corrected chi connectivity index (χ1v) is 9.85. The van der Waals surface area contributed by atoms with E-state index < -0.39 is 0 Å². The third-order valence-corrected chi connectivity index (χ3v) is 5.50. The van der Waals surface area contributed by atoms with Crippen molar-refractivity contribution in [1.82, 2.24) is 4.90 Å². The van der Waals surface area contributed by atoms with Gasteiger partial charge in [0, 0.05) is 42.5 Å². The fourth-order valence-electron chi connectivity index (χ4n) is 3.66. The Labute approximate surface area is 166 Å². The number of hydrogen-bond acceptors (Lipinski definition) is 3. The molecule has 1 aliphatic rings. The second-order valence-electron chi connectivity index (χ2n) is 7.33. The summed E-state index contributed by atoms with van der Waals surface area (Å²) in [5.41, 5.74) is 5.11. The summed E-state index contributed by atoms with van der Waals surface area (Å²) in [4.78, 5) is 4.96. The van der Waals surface area contributed by atoms with Crippen molar-refractivity contribution in [2.24, 2.45) is 0 Å². The van der Waals surface area contributed by atoms with E-state index in [0.717, 1.165) is 54.8 Å². The van der Waals surface area contributed by atoms with Crippen LogP contribution in [-0.4, -0.2) is 31.1 Å². The maximum absolute atomic E-state index is 6.06. The molecule has 0 spiro atoms. The summed E-state index contributed by atoms with van der Waals surface area (Å²) in [6.45, 7) is 9.41. The summed E-state index contributed by atoms with van der Waals surface area (Å²) in [5, 5.41) is 0.743. The Morgan fingerprint density at radius 1 is 0.889 bits per heavy atom. The second kappa shape index (κ2) is 7.79. The molecule has 3 aromatic rings. The van der Waals surface area contributed by atoms with Crippen LogP contribution in [0.1, 0.15) is 16.9 Å². The van der Waals surface area contributed by atoms with Gasteiger partial charge in [-0.05, 0) is 67.4 Å². The lowest BCUT2D eigenvalue weighted by Gasteiger charge is -2.36. The minimum Gasteiger partial charge on any atom is -0.460 e. The van der Waals surface area contributed by atoms with Crippen molar-refractivity contribution in [3.63, 3.8) is 0 Å². The van der Waals surface area contributed by atoms with Gasteiger partial charge in [-0.2, -0.15) is 0 Å². The molecule has 1 aromatic heterocycles. The average molecular weight is 381 g/mol. The number of hydrogen-bond donors (Lipinski definition) is 0. The molecule has 0 amide bonds. The van der Waals surface area contributed by atoms with Crippen LogP contribution in [0.5, 0.6) is 0 Å². The van der Waals surface area contributed by atoms with Crippen molar-refractivity contribution in [3.05, 3.63) is 76.5 Å². The van der Waals surface area contributed by atoms with Gasteiger partial charge in [-0.15, -0.1) is 0 Å². The van der Waals surface area contributed by atoms with Crippen molar-refractivity contribution in [2.75, 3.05) is 31.1 Å². The first-order valence-electron chi connectivity index (χ1n) is 9.48. The van der Waals surface area contributed by atoms with E-state index in [4.69, 9.17) is 16.0 Å².